The van der Waals surface area contributed by atoms with Crippen molar-refractivity contribution in [1.82, 2.24) is 4.90 Å². The van der Waals surface area contributed by atoms with Crippen LogP contribution < -0.4 is 0 Å². The molecule has 32 heavy (non-hydrogen) atoms. The lowest BCUT2D eigenvalue weighted by atomic mass is 10.00. The summed E-state index contributed by atoms with van der Waals surface area (Å²) in [5.41, 5.74) is 5.17. The number of nitrogens with zero attached hydrogens (tertiary/aromatic N) is 1. The fourth-order valence-corrected chi connectivity index (χ4v) is 5.39. The van der Waals surface area contributed by atoms with Crippen LogP contribution in [-0.4, -0.2) is 36.1 Å². The summed E-state index contributed by atoms with van der Waals surface area (Å²) in [5, 5.41) is 0.582. The van der Waals surface area contributed by atoms with Crippen molar-refractivity contribution in [2.75, 3.05) is 13.1 Å². The summed E-state index contributed by atoms with van der Waals surface area (Å²) in [7, 11) is 0. The predicted octanol–water partition coefficient (Wildman–Crippen LogP) is 7.04. The zero-order chi connectivity index (χ0) is 23.0. The Balaban J connectivity index is 1.54. The van der Waals surface area contributed by atoms with Gasteiger partial charge in [-0.25, -0.2) is 8.78 Å². The number of amides is 1. The van der Waals surface area contributed by atoms with Crippen LogP contribution in [0.5, 0.6) is 0 Å². The van der Waals surface area contributed by atoms with Crippen LogP contribution >= 0.6 is 22.9 Å². The molecule has 0 spiro atoms. The molecular weight excluding hydrogens is 452 g/mol. The minimum atomic E-state index is -2.68. The highest BCUT2D eigenvalue weighted by molar-refractivity contribution is 7.17. The van der Waals surface area contributed by atoms with E-state index in [1.165, 1.54) is 16.2 Å². The summed E-state index contributed by atoms with van der Waals surface area (Å²) in [6.07, 6.45) is 0.287. The molecule has 0 N–H and O–H groups in total. The number of benzene rings is 2. The first kappa shape index (κ1) is 22.6. The molecular formula is C25H22ClF2NO2S. The normalized spacial score (nSPS) is 15.6. The van der Waals surface area contributed by atoms with Crippen LogP contribution in [0.25, 0.3) is 21.6 Å². The van der Waals surface area contributed by atoms with Gasteiger partial charge in [0.1, 0.15) is 0 Å². The van der Waals surface area contributed by atoms with Crippen LogP contribution in [0.1, 0.15) is 44.0 Å². The van der Waals surface area contributed by atoms with Gasteiger partial charge >= 0.3 is 0 Å². The lowest BCUT2D eigenvalue weighted by molar-refractivity contribution is -0.0494. The van der Waals surface area contributed by atoms with Gasteiger partial charge in [0.25, 0.3) is 11.8 Å². The van der Waals surface area contributed by atoms with Crippen molar-refractivity contribution in [3.8, 4) is 21.6 Å². The average Bonchev–Trinajstić information content (AvgIpc) is 3.07. The van der Waals surface area contributed by atoms with Gasteiger partial charge in [0.05, 0.1) is 4.88 Å². The van der Waals surface area contributed by atoms with Gasteiger partial charge < -0.3 is 4.90 Å². The van der Waals surface area contributed by atoms with Crippen molar-refractivity contribution >= 4 is 35.1 Å². The maximum atomic E-state index is 13.4. The Hall–Kier alpha value is -2.57. The van der Waals surface area contributed by atoms with Gasteiger partial charge in [-0.1, -0.05) is 35.9 Å². The minimum Gasteiger partial charge on any atom is -0.338 e. The number of aldehydes is 1. The molecule has 1 amide bonds. The fraction of sp³-hybridized carbons (Fsp3) is 0.280. The molecule has 0 atom stereocenters. The number of hydrogen-bond acceptors (Lipinski definition) is 3. The van der Waals surface area contributed by atoms with Crippen molar-refractivity contribution in [3.05, 3.63) is 69.1 Å². The number of carbonyl (C=O) groups excluding carboxylic acids is 2. The Labute approximate surface area is 194 Å². The standard InChI is InChI=1S/C25H22ClF2NO2S/c1-15-16(2)23(32-22(15)14-30)20-8-7-19(13-21(20)26)17-3-5-18(6-4-17)24(31)29-11-9-25(27,28)10-12-29/h3-8,13-14H,9-12H2,1-2H3. The first-order chi connectivity index (χ1) is 15.2. The second-order valence-electron chi connectivity index (χ2n) is 8.08. The van der Waals surface area contributed by atoms with Gasteiger partial charge in [-0.05, 0) is 54.3 Å². The van der Waals surface area contributed by atoms with Crippen LogP contribution in [0.4, 0.5) is 8.78 Å². The van der Waals surface area contributed by atoms with Crippen LogP contribution in [0, 0.1) is 13.8 Å². The third-order valence-electron chi connectivity index (χ3n) is 6.05. The second kappa shape index (κ2) is 8.75. The predicted molar refractivity (Wildman–Crippen MR) is 125 cm³/mol. The van der Waals surface area contributed by atoms with Crippen LogP contribution in [-0.2, 0) is 0 Å². The summed E-state index contributed by atoms with van der Waals surface area (Å²) >= 11 is 8.03. The van der Waals surface area contributed by atoms with E-state index in [4.69, 9.17) is 11.6 Å². The quantitative estimate of drug-likeness (QED) is 0.381. The van der Waals surface area contributed by atoms with E-state index >= 15 is 0 Å². The molecule has 3 nitrogen and oxygen atoms in total. The molecule has 1 saturated heterocycles. The van der Waals surface area contributed by atoms with Crippen LogP contribution in [0.3, 0.4) is 0 Å². The molecule has 2 heterocycles. The molecule has 1 aliphatic heterocycles. The molecule has 4 rings (SSSR count). The molecule has 0 radical (unpaired) electrons. The summed E-state index contributed by atoms with van der Waals surface area (Å²) in [6, 6.07) is 12.9. The molecule has 1 fully saturated rings. The number of likely N-dealkylation sites (tertiary alicyclic amines) is 1. The third kappa shape index (κ3) is 4.34. The van der Waals surface area contributed by atoms with Gasteiger partial charge in [-0.3, -0.25) is 9.59 Å². The van der Waals surface area contributed by atoms with E-state index in [1.807, 2.05) is 44.2 Å². The lowest BCUT2D eigenvalue weighted by Crippen LogP contribution is -2.42. The molecule has 2 aromatic carbocycles. The molecule has 0 saturated carbocycles. The van der Waals surface area contributed by atoms with Gasteiger partial charge in [0.15, 0.2) is 6.29 Å². The van der Waals surface area contributed by atoms with Crippen LogP contribution in [0.2, 0.25) is 5.02 Å². The summed E-state index contributed by atoms with van der Waals surface area (Å²) in [5.74, 6) is -2.91. The smallest absolute Gasteiger partial charge is 0.253 e. The Bertz CT molecular complexity index is 1180. The SMILES string of the molecule is Cc1c(C=O)sc(-c2ccc(-c3ccc(C(=O)N4CCC(F)(F)CC4)cc3)cc2Cl)c1C. The monoisotopic (exact) mass is 473 g/mol. The van der Waals surface area contributed by atoms with Gasteiger partial charge in [-0.15, -0.1) is 11.3 Å². The topological polar surface area (TPSA) is 37.4 Å². The van der Waals surface area contributed by atoms with Crippen molar-refractivity contribution in [2.24, 2.45) is 0 Å². The maximum Gasteiger partial charge on any atom is 0.253 e. The molecule has 3 aromatic rings. The van der Waals surface area contributed by atoms with Crippen molar-refractivity contribution in [1.29, 1.82) is 0 Å². The first-order valence-corrected chi connectivity index (χ1v) is 11.5. The van der Waals surface area contributed by atoms with E-state index in [2.05, 4.69) is 0 Å². The summed E-state index contributed by atoms with van der Waals surface area (Å²) < 4.78 is 26.7. The van der Waals surface area contributed by atoms with E-state index in [1.54, 1.807) is 12.1 Å². The Morgan fingerprint density at radius 3 is 2.22 bits per heavy atom. The van der Waals surface area contributed by atoms with Crippen molar-refractivity contribution < 1.29 is 18.4 Å². The fourth-order valence-electron chi connectivity index (χ4n) is 3.89. The van der Waals surface area contributed by atoms with E-state index in [0.717, 1.165) is 39.0 Å². The Kier molecular flexibility index (Phi) is 6.19. The van der Waals surface area contributed by atoms with E-state index in [0.29, 0.717) is 15.5 Å². The van der Waals surface area contributed by atoms with Crippen molar-refractivity contribution in [3.63, 3.8) is 0 Å². The Morgan fingerprint density at radius 1 is 1.03 bits per heavy atom. The highest BCUT2D eigenvalue weighted by Gasteiger charge is 2.35. The van der Waals surface area contributed by atoms with Crippen LogP contribution in [0.15, 0.2) is 42.5 Å². The summed E-state index contributed by atoms with van der Waals surface area (Å²) in [6.45, 7) is 4.05. The number of thiophene rings is 1. The maximum absolute atomic E-state index is 13.4. The summed E-state index contributed by atoms with van der Waals surface area (Å²) in [4.78, 5) is 27.1. The number of rotatable bonds is 4. The second-order valence-corrected chi connectivity index (χ2v) is 9.54. The van der Waals surface area contributed by atoms with Gasteiger partial charge in [0.2, 0.25) is 0 Å². The highest BCUT2D eigenvalue weighted by atomic mass is 35.5. The lowest BCUT2D eigenvalue weighted by Gasteiger charge is -2.31. The number of halogens is 3. The van der Waals surface area contributed by atoms with Gasteiger partial charge in [-0.2, -0.15) is 0 Å². The molecule has 0 aliphatic carbocycles. The number of carbonyl (C=O) groups is 2. The molecule has 1 aliphatic rings. The molecule has 7 heteroatoms. The molecule has 1 aromatic heterocycles. The van der Waals surface area contributed by atoms with E-state index in [-0.39, 0.29) is 31.8 Å². The highest BCUT2D eigenvalue weighted by Crippen LogP contribution is 2.40. The number of hydrogen-bond donors (Lipinski definition) is 0. The van der Waals surface area contributed by atoms with E-state index < -0.39 is 5.92 Å². The number of piperidine rings is 1. The van der Waals surface area contributed by atoms with E-state index in [9.17, 15) is 18.4 Å². The average molecular weight is 474 g/mol. The molecule has 0 bridgehead atoms. The zero-order valence-electron chi connectivity index (χ0n) is 17.8. The zero-order valence-corrected chi connectivity index (χ0v) is 19.3. The van der Waals surface area contributed by atoms with Gasteiger partial charge in [0, 0.05) is 47.0 Å². The Morgan fingerprint density at radius 2 is 1.66 bits per heavy atom. The van der Waals surface area contributed by atoms with Crippen molar-refractivity contribution in [2.45, 2.75) is 32.6 Å². The number of alkyl halides is 2. The minimum absolute atomic E-state index is 0.0675. The third-order valence-corrected chi connectivity index (χ3v) is 7.72. The first-order valence-electron chi connectivity index (χ1n) is 10.3. The molecule has 0 unspecified atom stereocenters. The molecule has 166 valence electrons. The largest absolute Gasteiger partial charge is 0.338 e.